The van der Waals surface area contributed by atoms with Crippen molar-refractivity contribution in [2.45, 2.75) is 4.90 Å². The van der Waals surface area contributed by atoms with Crippen LogP contribution < -0.4 is 87.4 Å². The number of rotatable bonds is 7. The van der Waals surface area contributed by atoms with Crippen LogP contribution in [0.3, 0.4) is 0 Å². The molecule has 0 aliphatic carbocycles. The van der Waals surface area contributed by atoms with Crippen LogP contribution in [0, 0.1) is 0 Å². The predicted molar refractivity (Wildman–Crippen MR) is 321 cm³/mol. The van der Waals surface area contributed by atoms with Gasteiger partial charge in [-0.15, -0.1) is 11.8 Å². The van der Waals surface area contributed by atoms with Gasteiger partial charge in [-0.25, -0.2) is 0 Å². The van der Waals surface area contributed by atoms with E-state index >= 15 is 0 Å². The third kappa shape index (κ3) is 6.80. The van der Waals surface area contributed by atoms with Crippen LogP contribution in [0.25, 0.3) is 0 Å². The second kappa shape index (κ2) is 17.2. The fourth-order valence-corrected chi connectivity index (χ4v) is 13.4. The highest BCUT2D eigenvalue weighted by Crippen LogP contribution is 2.47. The van der Waals surface area contributed by atoms with Crippen molar-refractivity contribution in [3.8, 4) is 69.0 Å². The average Bonchev–Trinajstić information content (AvgIpc) is 3.67. The molecule has 6 aliphatic rings. The molecular weight excluding hydrogens is 993 g/mol. The van der Waals surface area contributed by atoms with Gasteiger partial charge in [-0.05, 0) is 112 Å². The van der Waals surface area contributed by atoms with Crippen molar-refractivity contribution in [2.75, 3.05) is 16.1 Å². The number of benzene rings is 11. The van der Waals surface area contributed by atoms with Crippen molar-refractivity contribution in [3.63, 3.8) is 0 Å². The van der Waals surface area contributed by atoms with E-state index in [1.54, 1.807) is 11.8 Å². The zero-order valence-electron chi connectivity index (χ0n) is 42.4. The smallest absolute Gasteiger partial charge is 0.260 e. The Bertz CT molecular complexity index is 4010. The van der Waals surface area contributed by atoms with Crippen LogP contribution in [-0.2, 0) is 0 Å². The van der Waals surface area contributed by atoms with Gasteiger partial charge in [0, 0.05) is 80.4 Å². The maximum absolute atomic E-state index is 7.19. The lowest BCUT2D eigenvalue weighted by atomic mass is 9.30. The standard InChI is InChI=1S/C67H41B3N2O6S/c1-79-46-34-63-67-64(35-46)78-58-39-56-50(69-48-27-15-17-29-54(48)74-60-31-45(33-62(76-56)66(60)69)72(42-22-10-4-11-23-42)43-24-12-5-13-25-43)37-52(58)70(67)51-36-49-55(38-57(51)77-63)75-61-32-44(30-59-65(61)68(49)47-26-14-16-28-53(47)73-59)71(40-18-6-2-7-19-40)41-20-8-3-9-21-41/h2-39H,1H3. The summed E-state index contributed by atoms with van der Waals surface area (Å²) < 4.78 is 42.4. The Balaban J connectivity index is 0.838. The fraction of sp³-hybridized carbons (Fsp3) is 0.0149. The molecule has 11 aromatic carbocycles. The Morgan fingerprint density at radius 2 is 0.532 bits per heavy atom. The van der Waals surface area contributed by atoms with E-state index in [-0.39, 0.29) is 20.1 Å². The Kier molecular flexibility index (Phi) is 9.68. The van der Waals surface area contributed by atoms with Gasteiger partial charge >= 0.3 is 0 Å². The van der Waals surface area contributed by atoms with Crippen molar-refractivity contribution in [2.24, 2.45) is 0 Å². The van der Waals surface area contributed by atoms with Gasteiger partial charge in [0.05, 0.1) is 11.4 Å². The molecule has 0 fully saturated rings. The van der Waals surface area contributed by atoms with Gasteiger partial charge in [0.15, 0.2) is 0 Å². The van der Waals surface area contributed by atoms with E-state index in [1.165, 1.54) is 0 Å². The molecule has 79 heavy (non-hydrogen) atoms. The Hall–Kier alpha value is -9.64. The molecule has 8 nitrogen and oxygen atoms in total. The van der Waals surface area contributed by atoms with E-state index in [0.717, 1.165) is 157 Å². The zero-order chi connectivity index (χ0) is 51.9. The molecule has 17 rings (SSSR count). The molecule has 12 heteroatoms. The van der Waals surface area contributed by atoms with Crippen LogP contribution in [0.2, 0.25) is 0 Å². The number of anilines is 6. The summed E-state index contributed by atoms with van der Waals surface area (Å²) in [6.07, 6.45) is 2.08. The quantitative estimate of drug-likeness (QED) is 0.115. The lowest BCUT2D eigenvalue weighted by Crippen LogP contribution is -2.63. The zero-order valence-corrected chi connectivity index (χ0v) is 43.2. The third-order valence-corrected chi connectivity index (χ3v) is 16.9. The summed E-state index contributed by atoms with van der Waals surface area (Å²) in [5.74, 6) is 9.06. The fourth-order valence-electron chi connectivity index (χ4n) is 12.9. The van der Waals surface area contributed by atoms with Crippen molar-refractivity contribution < 1.29 is 28.4 Å². The van der Waals surface area contributed by atoms with Crippen molar-refractivity contribution in [1.82, 2.24) is 0 Å². The Morgan fingerprint density at radius 3 is 0.861 bits per heavy atom. The SMILES string of the molecule is CSc1cc2c3c(c1)Oc1cc4c(cc1B3c1cc3c(cc1O2)Oc1cc(N(c2ccccc2)c2ccccc2)cc2c1B3c1ccccc1O2)B1c2ccccc2Oc2cc(N(c3ccccc3)c3ccccc3)cc(c21)O4. The monoisotopic (exact) mass is 1030 g/mol. The first-order valence-electron chi connectivity index (χ1n) is 26.6. The highest BCUT2D eigenvalue weighted by atomic mass is 32.2. The highest BCUT2D eigenvalue weighted by Gasteiger charge is 2.48. The number of thioether (sulfide) groups is 1. The number of hydrogen-bond donors (Lipinski definition) is 0. The van der Waals surface area contributed by atoms with E-state index < -0.39 is 0 Å². The summed E-state index contributed by atoms with van der Waals surface area (Å²) in [7, 11) is 0. The van der Waals surface area contributed by atoms with Crippen LogP contribution >= 0.6 is 11.8 Å². The van der Waals surface area contributed by atoms with E-state index in [4.69, 9.17) is 28.4 Å². The average molecular weight is 1030 g/mol. The molecule has 0 atom stereocenters. The summed E-state index contributed by atoms with van der Waals surface area (Å²) in [6.45, 7) is -0.667. The topological polar surface area (TPSA) is 61.9 Å². The number of para-hydroxylation sites is 6. The first-order chi connectivity index (χ1) is 39.1. The lowest BCUT2D eigenvalue weighted by Gasteiger charge is -2.38. The van der Waals surface area contributed by atoms with Crippen molar-refractivity contribution >= 4 is 115 Å². The molecule has 370 valence electrons. The van der Waals surface area contributed by atoms with Gasteiger partial charge in [-0.3, -0.25) is 0 Å². The van der Waals surface area contributed by atoms with Crippen LogP contribution in [0.15, 0.2) is 235 Å². The van der Waals surface area contributed by atoms with Gasteiger partial charge < -0.3 is 38.2 Å². The molecule has 0 saturated heterocycles. The summed E-state index contributed by atoms with van der Waals surface area (Å²) in [4.78, 5) is 5.53. The molecular formula is C67H41B3N2O6S. The highest BCUT2D eigenvalue weighted by molar-refractivity contribution is 7.98. The number of ether oxygens (including phenoxy) is 6. The minimum Gasteiger partial charge on any atom is -0.458 e. The van der Waals surface area contributed by atoms with Gasteiger partial charge in [-0.1, -0.05) is 121 Å². The van der Waals surface area contributed by atoms with Crippen LogP contribution in [-0.4, -0.2) is 26.4 Å². The maximum Gasteiger partial charge on any atom is 0.260 e. The number of hydrogen-bond acceptors (Lipinski definition) is 9. The second-order valence-corrected chi connectivity index (χ2v) is 21.5. The molecule has 6 aliphatic heterocycles. The van der Waals surface area contributed by atoms with Crippen LogP contribution in [0.1, 0.15) is 0 Å². The van der Waals surface area contributed by atoms with E-state index in [1.807, 2.05) is 36.4 Å². The van der Waals surface area contributed by atoms with Crippen LogP contribution in [0.4, 0.5) is 34.1 Å². The van der Waals surface area contributed by atoms with Crippen LogP contribution in [0.5, 0.6) is 69.0 Å². The predicted octanol–water partition coefficient (Wildman–Crippen LogP) is 11.5. The summed E-state index contributed by atoms with van der Waals surface area (Å²) in [5, 5.41) is 0. The van der Waals surface area contributed by atoms with E-state index in [9.17, 15) is 0 Å². The van der Waals surface area contributed by atoms with Gasteiger partial charge in [0.1, 0.15) is 69.0 Å². The molecule has 0 spiro atoms. The van der Waals surface area contributed by atoms with Gasteiger partial charge in [-0.2, -0.15) is 0 Å². The molecule has 6 heterocycles. The van der Waals surface area contributed by atoms with Crippen molar-refractivity contribution in [3.05, 3.63) is 231 Å². The maximum atomic E-state index is 7.19. The van der Waals surface area contributed by atoms with Gasteiger partial charge in [0.2, 0.25) is 0 Å². The van der Waals surface area contributed by atoms with Gasteiger partial charge in [0.25, 0.3) is 20.1 Å². The minimum absolute atomic E-state index is 0.200. The molecule has 0 N–H and O–H groups in total. The Labute approximate surface area is 461 Å². The molecule has 0 unspecified atom stereocenters. The summed E-state index contributed by atoms with van der Waals surface area (Å²) >= 11 is 1.66. The summed E-state index contributed by atoms with van der Waals surface area (Å²) in [5.41, 5.74) is 15.2. The molecule has 0 bridgehead atoms. The molecule has 0 amide bonds. The minimum atomic E-state index is -0.267. The first kappa shape index (κ1) is 44.5. The molecule has 0 radical (unpaired) electrons. The molecule has 0 aromatic heterocycles. The molecule has 0 saturated carbocycles. The third-order valence-electron chi connectivity index (χ3n) is 16.2. The second-order valence-electron chi connectivity index (χ2n) is 20.6. The largest absolute Gasteiger partial charge is 0.458 e. The first-order valence-corrected chi connectivity index (χ1v) is 27.8. The lowest BCUT2D eigenvalue weighted by molar-refractivity contribution is 0.447. The van der Waals surface area contributed by atoms with E-state index in [0.29, 0.717) is 0 Å². The Morgan fingerprint density at radius 1 is 0.253 bits per heavy atom. The molecule has 11 aromatic rings. The summed E-state index contributed by atoms with van der Waals surface area (Å²) in [6, 6.07) is 80.2. The van der Waals surface area contributed by atoms with E-state index in [2.05, 4.69) is 210 Å². The number of fused-ring (bicyclic) bond motifs is 12. The normalized spacial score (nSPS) is 13.5. The van der Waals surface area contributed by atoms with Crippen molar-refractivity contribution in [1.29, 1.82) is 0 Å². The number of nitrogens with zero attached hydrogens (tertiary/aromatic N) is 2.